The van der Waals surface area contributed by atoms with E-state index in [4.69, 9.17) is 15.2 Å². The Labute approximate surface area is 113 Å². The topological polar surface area (TPSA) is 60.1 Å². The lowest BCUT2D eigenvalue weighted by Crippen LogP contribution is -2.50. The largest absolute Gasteiger partial charge is 0.483 e. The van der Waals surface area contributed by atoms with Crippen molar-refractivity contribution in [3.63, 3.8) is 0 Å². The minimum absolute atomic E-state index is 0.216. The van der Waals surface area contributed by atoms with Gasteiger partial charge in [-0.3, -0.25) is 0 Å². The molecule has 0 aromatic heterocycles. The Balaban J connectivity index is 1.86. The Kier molecular flexibility index (Phi) is 3.06. The maximum absolute atomic E-state index is 5.79. The molecule has 102 valence electrons. The molecule has 5 nitrogen and oxygen atoms in total. The summed E-state index contributed by atoms with van der Waals surface area (Å²) in [5.41, 5.74) is 7.31. The van der Waals surface area contributed by atoms with Gasteiger partial charge in [-0.05, 0) is 32.0 Å². The molecule has 0 bridgehead atoms. The van der Waals surface area contributed by atoms with Crippen molar-refractivity contribution < 1.29 is 9.47 Å². The van der Waals surface area contributed by atoms with Crippen LogP contribution in [0.4, 0.5) is 11.4 Å². The number of rotatable bonds is 0. The fourth-order valence-electron chi connectivity index (χ4n) is 2.61. The summed E-state index contributed by atoms with van der Waals surface area (Å²) >= 11 is 0. The number of anilines is 1. The lowest BCUT2D eigenvalue weighted by Gasteiger charge is -2.38. The Morgan fingerprint density at radius 2 is 2.00 bits per heavy atom. The van der Waals surface area contributed by atoms with E-state index in [1.165, 1.54) is 0 Å². The minimum Gasteiger partial charge on any atom is -0.483 e. The third-order valence-electron chi connectivity index (χ3n) is 3.37. The smallest absolute Gasteiger partial charge is 0.146 e. The van der Waals surface area contributed by atoms with E-state index < -0.39 is 0 Å². The Bertz CT molecular complexity index is 505. The van der Waals surface area contributed by atoms with Crippen molar-refractivity contribution in [3.8, 4) is 5.75 Å². The van der Waals surface area contributed by atoms with Crippen LogP contribution in [0.2, 0.25) is 0 Å². The molecule has 2 atom stereocenters. The van der Waals surface area contributed by atoms with Crippen molar-refractivity contribution in [1.29, 1.82) is 0 Å². The van der Waals surface area contributed by atoms with Gasteiger partial charge in [-0.1, -0.05) is 0 Å². The molecule has 1 fully saturated rings. The molecule has 1 saturated heterocycles. The first-order chi connectivity index (χ1) is 9.11. The molecule has 0 radical (unpaired) electrons. The molecule has 2 N–H and O–H groups in total. The van der Waals surface area contributed by atoms with E-state index in [-0.39, 0.29) is 12.2 Å². The summed E-state index contributed by atoms with van der Waals surface area (Å²) < 4.78 is 11.5. The highest BCUT2D eigenvalue weighted by atomic mass is 16.5. The van der Waals surface area contributed by atoms with Gasteiger partial charge in [0.15, 0.2) is 0 Å². The molecule has 1 aromatic rings. The summed E-state index contributed by atoms with van der Waals surface area (Å²) in [6, 6.07) is 5.55. The van der Waals surface area contributed by atoms with Gasteiger partial charge >= 0.3 is 0 Å². The molecule has 2 aliphatic rings. The SMILES string of the molecule is CC1CN(C2=Nc3cc(N)ccc3OC2)CC(C)O1. The van der Waals surface area contributed by atoms with Crippen molar-refractivity contribution in [1.82, 2.24) is 4.90 Å². The second kappa shape index (κ2) is 4.74. The van der Waals surface area contributed by atoms with Crippen LogP contribution in [-0.4, -0.2) is 42.6 Å². The number of amidine groups is 1. The second-order valence-electron chi connectivity index (χ2n) is 5.21. The van der Waals surface area contributed by atoms with E-state index in [1.807, 2.05) is 18.2 Å². The molecule has 0 saturated carbocycles. The molecule has 0 spiro atoms. The highest BCUT2D eigenvalue weighted by Gasteiger charge is 2.26. The van der Waals surface area contributed by atoms with E-state index in [0.29, 0.717) is 12.3 Å². The lowest BCUT2D eigenvalue weighted by atomic mass is 10.2. The molecule has 2 aliphatic heterocycles. The van der Waals surface area contributed by atoms with Gasteiger partial charge < -0.3 is 20.1 Å². The number of hydrogen-bond acceptors (Lipinski definition) is 5. The molecule has 2 heterocycles. The van der Waals surface area contributed by atoms with Crippen LogP contribution in [0.15, 0.2) is 23.2 Å². The van der Waals surface area contributed by atoms with Crippen LogP contribution in [-0.2, 0) is 4.74 Å². The summed E-state index contributed by atoms with van der Waals surface area (Å²) in [4.78, 5) is 6.92. The van der Waals surface area contributed by atoms with Gasteiger partial charge in [0.25, 0.3) is 0 Å². The van der Waals surface area contributed by atoms with E-state index in [2.05, 4.69) is 23.7 Å². The number of fused-ring (bicyclic) bond motifs is 1. The third kappa shape index (κ3) is 2.51. The Hall–Kier alpha value is -1.75. The van der Waals surface area contributed by atoms with Gasteiger partial charge in [0.05, 0.1) is 12.2 Å². The van der Waals surface area contributed by atoms with Gasteiger partial charge in [-0.15, -0.1) is 0 Å². The van der Waals surface area contributed by atoms with Crippen molar-refractivity contribution in [2.75, 3.05) is 25.4 Å². The summed E-state index contributed by atoms with van der Waals surface area (Å²) in [5, 5.41) is 0. The number of aliphatic imine (C=N–C) groups is 1. The highest BCUT2D eigenvalue weighted by Crippen LogP contribution is 2.33. The zero-order chi connectivity index (χ0) is 13.4. The van der Waals surface area contributed by atoms with E-state index >= 15 is 0 Å². The normalized spacial score (nSPS) is 26.4. The predicted octanol–water partition coefficient (Wildman–Crippen LogP) is 1.80. The number of benzene rings is 1. The minimum atomic E-state index is 0.216. The fraction of sp³-hybridized carbons (Fsp3) is 0.500. The van der Waals surface area contributed by atoms with Gasteiger partial charge in [0.2, 0.25) is 0 Å². The van der Waals surface area contributed by atoms with E-state index in [1.54, 1.807) is 0 Å². The van der Waals surface area contributed by atoms with Gasteiger partial charge in [0.1, 0.15) is 23.9 Å². The first-order valence-corrected chi connectivity index (χ1v) is 6.62. The summed E-state index contributed by atoms with van der Waals surface area (Å²) in [5.74, 6) is 1.76. The number of nitrogen functional groups attached to an aromatic ring is 1. The quantitative estimate of drug-likeness (QED) is 0.723. The van der Waals surface area contributed by atoms with Crippen LogP contribution in [0.5, 0.6) is 5.75 Å². The number of nitrogens with zero attached hydrogens (tertiary/aromatic N) is 2. The Morgan fingerprint density at radius 1 is 1.26 bits per heavy atom. The van der Waals surface area contributed by atoms with Crippen LogP contribution in [0.25, 0.3) is 0 Å². The summed E-state index contributed by atoms with van der Waals surface area (Å²) in [6.07, 6.45) is 0.433. The second-order valence-corrected chi connectivity index (χ2v) is 5.21. The Morgan fingerprint density at radius 3 is 2.74 bits per heavy atom. The van der Waals surface area contributed by atoms with Gasteiger partial charge in [-0.2, -0.15) is 0 Å². The van der Waals surface area contributed by atoms with Crippen LogP contribution in [0.1, 0.15) is 13.8 Å². The zero-order valence-corrected chi connectivity index (χ0v) is 11.3. The third-order valence-corrected chi connectivity index (χ3v) is 3.37. The van der Waals surface area contributed by atoms with Gasteiger partial charge in [-0.25, -0.2) is 4.99 Å². The average Bonchev–Trinajstić information content (AvgIpc) is 2.36. The molecule has 0 amide bonds. The molecule has 19 heavy (non-hydrogen) atoms. The highest BCUT2D eigenvalue weighted by molar-refractivity contribution is 5.89. The molecular weight excluding hydrogens is 242 g/mol. The average molecular weight is 261 g/mol. The van der Waals surface area contributed by atoms with Crippen molar-refractivity contribution >= 4 is 17.2 Å². The molecule has 3 rings (SSSR count). The van der Waals surface area contributed by atoms with Gasteiger partial charge in [0, 0.05) is 18.8 Å². The predicted molar refractivity (Wildman–Crippen MR) is 75.0 cm³/mol. The summed E-state index contributed by atoms with van der Waals surface area (Å²) in [6.45, 7) is 6.38. The van der Waals surface area contributed by atoms with Crippen molar-refractivity contribution in [2.45, 2.75) is 26.1 Å². The standard InChI is InChI=1S/C14H19N3O2/c1-9-6-17(7-10(2)19-9)14-8-18-13-4-3-11(15)5-12(13)16-14/h3-5,9-10H,6-8,15H2,1-2H3. The van der Waals surface area contributed by atoms with Crippen molar-refractivity contribution in [2.24, 2.45) is 4.99 Å². The maximum atomic E-state index is 5.79. The number of morpholine rings is 1. The monoisotopic (exact) mass is 261 g/mol. The maximum Gasteiger partial charge on any atom is 0.146 e. The fourth-order valence-corrected chi connectivity index (χ4v) is 2.61. The molecule has 1 aromatic carbocycles. The van der Waals surface area contributed by atoms with Crippen LogP contribution < -0.4 is 10.5 Å². The summed E-state index contributed by atoms with van der Waals surface area (Å²) in [7, 11) is 0. The van der Waals surface area contributed by atoms with E-state index in [0.717, 1.165) is 30.4 Å². The lowest BCUT2D eigenvalue weighted by molar-refractivity contribution is -0.0490. The van der Waals surface area contributed by atoms with Crippen LogP contribution >= 0.6 is 0 Å². The van der Waals surface area contributed by atoms with Crippen LogP contribution in [0.3, 0.4) is 0 Å². The molecule has 0 aliphatic carbocycles. The number of nitrogens with two attached hydrogens (primary N) is 1. The number of hydrogen-bond donors (Lipinski definition) is 1. The molecule has 5 heteroatoms. The first-order valence-electron chi connectivity index (χ1n) is 6.62. The zero-order valence-electron chi connectivity index (χ0n) is 11.3. The van der Waals surface area contributed by atoms with Crippen molar-refractivity contribution in [3.05, 3.63) is 18.2 Å². The molecule has 2 unspecified atom stereocenters. The number of ether oxygens (including phenoxy) is 2. The molecular formula is C14H19N3O2. The van der Waals surface area contributed by atoms with Crippen LogP contribution in [0, 0.1) is 0 Å². The van der Waals surface area contributed by atoms with E-state index in [9.17, 15) is 0 Å². The first kappa shape index (κ1) is 12.3.